The Balaban J connectivity index is 2.00. The third kappa shape index (κ3) is 2.83. The Kier molecular flexibility index (Phi) is 4.22. The predicted octanol–water partition coefficient (Wildman–Crippen LogP) is 0.832. The monoisotopic (exact) mass is 251 g/mol. The first-order valence-corrected chi connectivity index (χ1v) is 6.00. The van der Waals surface area contributed by atoms with Crippen molar-refractivity contribution in [2.45, 2.75) is 38.0 Å². The third-order valence-corrected chi connectivity index (χ3v) is 3.31. The number of carboxylic acid groups (broad SMARTS) is 1. The fraction of sp³-hybridized carbons (Fsp3) is 0.583. The van der Waals surface area contributed by atoms with Crippen LogP contribution in [0, 0.1) is 0 Å². The van der Waals surface area contributed by atoms with Crippen LogP contribution >= 0.6 is 0 Å². The van der Waals surface area contributed by atoms with Crippen molar-refractivity contribution in [1.29, 1.82) is 0 Å². The Hall–Kier alpha value is -1.53. The van der Waals surface area contributed by atoms with Crippen molar-refractivity contribution in [1.82, 2.24) is 15.3 Å². The molecule has 2 rings (SSSR count). The smallest absolute Gasteiger partial charge is 0.339 e. The Bertz CT molecular complexity index is 425. The topological polar surface area (TPSA) is 84.3 Å². The van der Waals surface area contributed by atoms with E-state index >= 15 is 0 Å². The summed E-state index contributed by atoms with van der Waals surface area (Å²) >= 11 is 0. The molecule has 6 nitrogen and oxygen atoms in total. The highest BCUT2D eigenvalue weighted by Crippen LogP contribution is 2.21. The second-order valence-corrected chi connectivity index (χ2v) is 4.38. The van der Waals surface area contributed by atoms with Crippen molar-refractivity contribution in [2.24, 2.45) is 0 Å². The number of carbonyl (C=O) groups is 1. The number of ether oxygens (including phenoxy) is 1. The number of hydrogen-bond acceptors (Lipinski definition) is 5. The van der Waals surface area contributed by atoms with Gasteiger partial charge in [-0.15, -0.1) is 0 Å². The van der Waals surface area contributed by atoms with Gasteiger partial charge in [0.25, 0.3) is 0 Å². The van der Waals surface area contributed by atoms with Crippen LogP contribution in [0.25, 0.3) is 0 Å². The van der Waals surface area contributed by atoms with Gasteiger partial charge in [0, 0.05) is 25.9 Å². The molecule has 1 aliphatic rings. The first-order chi connectivity index (χ1) is 8.72. The normalized spacial score (nSPS) is 23.2. The molecule has 0 radical (unpaired) electrons. The average molecular weight is 251 g/mol. The molecule has 1 aromatic heterocycles. The molecule has 0 bridgehead atoms. The maximum absolute atomic E-state index is 11.0. The summed E-state index contributed by atoms with van der Waals surface area (Å²) in [6.45, 7) is 0.425. The molecule has 0 amide bonds. The molecule has 18 heavy (non-hydrogen) atoms. The minimum atomic E-state index is -0.998. The van der Waals surface area contributed by atoms with Crippen LogP contribution < -0.4 is 5.32 Å². The van der Waals surface area contributed by atoms with Crippen molar-refractivity contribution in [3.05, 3.63) is 23.8 Å². The Morgan fingerprint density at radius 3 is 3.17 bits per heavy atom. The molecule has 98 valence electrons. The largest absolute Gasteiger partial charge is 0.478 e. The highest BCUT2D eigenvalue weighted by molar-refractivity contribution is 5.88. The average Bonchev–Trinajstić information content (AvgIpc) is 2.84. The fourth-order valence-electron chi connectivity index (χ4n) is 2.34. The molecule has 1 heterocycles. The van der Waals surface area contributed by atoms with Crippen molar-refractivity contribution < 1.29 is 14.6 Å². The number of aromatic carboxylic acids is 1. The maximum Gasteiger partial charge on any atom is 0.339 e. The van der Waals surface area contributed by atoms with E-state index in [1.807, 2.05) is 0 Å². The number of aromatic nitrogens is 2. The second kappa shape index (κ2) is 5.88. The van der Waals surface area contributed by atoms with E-state index in [0.717, 1.165) is 19.3 Å². The minimum Gasteiger partial charge on any atom is -0.478 e. The van der Waals surface area contributed by atoms with E-state index in [-0.39, 0.29) is 17.7 Å². The summed E-state index contributed by atoms with van der Waals surface area (Å²) in [6, 6.07) is 0.270. The maximum atomic E-state index is 11.0. The van der Waals surface area contributed by atoms with Crippen molar-refractivity contribution in [3.63, 3.8) is 0 Å². The van der Waals surface area contributed by atoms with E-state index in [0.29, 0.717) is 12.2 Å². The van der Waals surface area contributed by atoms with Gasteiger partial charge in [-0.1, -0.05) is 0 Å². The van der Waals surface area contributed by atoms with Gasteiger partial charge in [-0.2, -0.15) is 0 Å². The molecule has 1 fully saturated rings. The lowest BCUT2D eigenvalue weighted by Crippen LogP contribution is -2.36. The van der Waals surface area contributed by atoms with Crippen LogP contribution in [0.1, 0.15) is 35.3 Å². The van der Waals surface area contributed by atoms with Crippen LogP contribution in [-0.2, 0) is 11.3 Å². The highest BCUT2D eigenvalue weighted by Gasteiger charge is 2.26. The lowest BCUT2D eigenvalue weighted by Gasteiger charge is -2.19. The molecule has 1 saturated carbocycles. The summed E-state index contributed by atoms with van der Waals surface area (Å²) < 4.78 is 5.38. The van der Waals surface area contributed by atoms with Gasteiger partial charge in [-0.3, -0.25) is 0 Å². The van der Waals surface area contributed by atoms with Gasteiger partial charge in [0.05, 0.1) is 11.8 Å². The molecule has 2 atom stereocenters. The summed E-state index contributed by atoms with van der Waals surface area (Å²) in [7, 11) is 1.71. The predicted molar refractivity (Wildman–Crippen MR) is 64.3 cm³/mol. The molecule has 1 aliphatic carbocycles. The number of methoxy groups -OCH3 is 1. The van der Waals surface area contributed by atoms with Gasteiger partial charge in [0.15, 0.2) is 0 Å². The zero-order chi connectivity index (χ0) is 13.0. The first kappa shape index (κ1) is 12.9. The molecular formula is C12H17N3O3. The number of rotatable bonds is 5. The minimum absolute atomic E-state index is 0.150. The van der Waals surface area contributed by atoms with E-state index < -0.39 is 5.97 Å². The van der Waals surface area contributed by atoms with Gasteiger partial charge in [0.1, 0.15) is 11.9 Å². The van der Waals surface area contributed by atoms with E-state index in [1.165, 1.54) is 12.5 Å². The number of hydrogen-bond donors (Lipinski definition) is 2. The Labute approximate surface area is 105 Å². The van der Waals surface area contributed by atoms with Crippen LogP contribution in [0.5, 0.6) is 0 Å². The van der Waals surface area contributed by atoms with Crippen LogP contribution in [-0.4, -0.2) is 40.3 Å². The van der Waals surface area contributed by atoms with E-state index in [2.05, 4.69) is 15.3 Å². The molecule has 0 aliphatic heterocycles. The number of nitrogens with one attached hydrogen (secondary N) is 1. The second-order valence-electron chi connectivity index (χ2n) is 4.38. The molecule has 2 unspecified atom stereocenters. The van der Waals surface area contributed by atoms with Crippen LogP contribution in [0.2, 0.25) is 0 Å². The van der Waals surface area contributed by atoms with E-state index in [4.69, 9.17) is 9.84 Å². The fourth-order valence-corrected chi connectivity index (χ4v) is 2.34. The zero-order valence-electron chi connectivity index (χ0n) is 10.3. The van der Waals surface area contributed by atoms with Crippen LogP contribution in [0.3, 0.4) is 0 Å². The number of carboxylic acids is 1. The van der Waals surface area contributed by atoms with Crippen molar-refractivity contribution >= 4 is 5.97 Å². The zero-order valence-corrected chi connectivity index (χ0v) is 10.3. The van der Waals surface area contributed by atoms with Gasteiger partial charge >= 0.3 is 5.97 Å². The Morgan fingerprint density at radius 1 is 1.61 bits per heavy atom. The molecule has 6 heteroatoms. The summed E-state index contributed by atoms with van der Waals surface area (Å²) in [6.07, 6.45) is 6.13. The van der Waals surface area contributed by atoms with Gasteiger partial charge in [-0.05, 0) is 19.3 Å². The Morgan fingerprint density at radius 2 is 2.44 bits per heavy atom. The molecule has 0 aromatic carbocycles. The van der Waals surface area contributed by atoms with Crippen molar-refractivity contribution in [2.75, 3.05) is 7.11 Å². The first-order valence-electron chi connectivity index (χ1n) is 6.00. The third-order valence-electron chi connectivity index (χ3n) is 3.31. The summed E-state index contributed by atoms with van der Waals surface area (Å²) in [5.74, 6) is -0.998. The molecule has 1 aromatic rings. The molecule has 0 saturated heterocycles. The SMILES string of the molecule is COC1CCCC1NCc1ncncc1C(=O)O. The molecule has 2 N–H and O–H groups in total. The van der Waals surface area contributed by atoms with E-state index in [1.54, 1.807) is 7.11 Å². The lowest BCUT2D eigenvalue weighted by molar-refractivity contribution is 0.0693. The quantitative estimate of drug-likeness (QED) is 0.806. The summed E-state index contributed by atoms with van der Waals surface area (Å²) in [4.78, 5) is 18.8. The van der Waals surface area contributed by atoms with Gasteiger partial charge in [-0.25, -0.2) is 14.8 Å². The molecular weight excluding hydrogens is 234 g/mol. The summed E-state index contributed by atoms with van der Waals surface area (Å²) in [5, 5.41) is 12.3. The van der Waals surface area contributed by atoms with Gasteiger partial charge < -0.3 is 15.2 Å². The highest BCUT2D eigenvalue weighted by atomic mass is 16.5. The standard InChI is InChI=1S/C12H17N3O3/c1-18-11-4-2-3-9(11)14-6-10-8(12(16)17)5-13-7-15-10/h5,7,9,11,14H,2-4,6H2,1H3,(H,16,17). The number of nitrogens with zero attached hydrogens (tertiary/aromatic N) is 2. The van der Waals surface area contributed by atoms with Gasteiger partial charge in [0.2, 0.25) is 0 Å². The van der Waals surface area contributed by atoms with Crippen LogP contribution in [0.4, 0.5) is 0 Å². The summed E-state index contributed by atoms with van der Waals surface area (Å²) in [5.41, 5.74) is 0.663. The van der Waals surface area contributed by atoms with E-state index in [9.17, 15) is 4.79 Å². The lowest BCUT2D eigenvalue weighted by atomic mass is 10.2. The molecule has 0 spiro atoms. The van der Waals surface area contributed by atoms with Crippen LogP contribution in [0.15, 0.2) is 12.5 Å². The van der Waals surface area contributed by atoms with Crippen molar-refractivity contribution in [3.8, 4) is 0 Å².